The molecule has 8 heteroatoms. The van der Waals surface area contributed by atoms with Gasteiger partial charge in [-0.15, -0.1) is 11.3 Å². The number of amides is 1. The Labute approximate surface area is 191 Å². The number of anilines is 2. The molecule has 32 heavy (non-hydrogen) atoms. The first-order valence-corrected chi connectivity index (χ1v) is 12.0. The minimum atomic E-state index is 0.101. The van der Waals surface area contributed by atoms with Crippen molar-refractivity contribution in [2.75, 3.05) is 18.4 Å². The largest absolute Gasteiger partial charge is 0.342 e. The second-order valence-corrected chi connectivity index (χ2v) is 9.40. The molecule has 1 fully saturated rings. The van der Waals surface area contributed by atoms with Crippen molar-refractivity contribution in [3.63, 3.8) is 0 Å². The molecule has 0 saturated carbocycles. The molecule has 1 aliphatic heterocycles. The molecule has 3 aromatic heterocycles. The van der Waals surface area contributed by atoms with E-state index >= 15 is 0 Å². The van der Waals surface area contributed by atoms with Crippen LogP contribution >= 0.6 is 11.3 Å². The Balaban J connectivity index is 1.32. The number of rotatable bonds is 6. The Kier molecular flexibility index (Phi) is 5.70. The number of hydrogen-bond donors (Lipinski definition) is 1. The van der Waals surface area contributed by atoms with Gasteiger partial charge in [0.05, 0.1) is 5.69 Å². The van der Waals surface area contributed by atoms with Gasteiger partial charge in [0.1, 0.15) is 10.7 Å². The van der Waals surface area contributed by atoms with Crippen LogP contribution in [0.2, 0.25) is 0 Å². The van der Waals surface area contributed by atoms with Crippen LogP contribution in [0.1, 0.15) is 49.7 Å². The number of para-hydroxylation sites is 1. The number of benzene rings is 1. The van der Waals surface area contributed by atoms with E-state index in [4.69, 9.17) is 4.98 Å². The van der Waals surface area contributed by atoms with E-state index < -0.39 is 0 Å². The highest BCUT2D eigenvalue weighted by atomic mass is 32.1. The second-order valence-electron chi connectivity index (χ2n) is 8.50. The number of carbonyl (C=O) groups is 1. The van der Waals surface area contributed by atoms with Crippen molar-refractivity contribution in [3.05, 3.63) is 65.8 Å². The van der Waals surface area contributed by atoms with Crippen LogP contribution in [0.5, 0.6) is 0 Å². The fourth-order valence-electron chi connectivity index (χ4n) is 4.61. The van der Waals surface area contributed by atoms with E-state index in [0.717, 1.165) is 53.9 Å². The summed E-state index contributed by atoms with van der Waals surface area (Å²) in [5, 5.41) is 5.54. The number of piperidine rings is 1. The molecule has 5 rings (SSSR count). The van der Waals surface area contributed by atoms with E-state index in [2.05, 4.69) is 37.8 Å². The normalized spacial score (nSPS) is 17.6. The first kappa shape index (κ1) is 20.8. The van der Waals surface area contributed by atoms with E-state index in [1.165, 1.54) is 0 Å². The lowest BCUT2D eigenvalue weighted by atomic mass is 9.95. The molecule has 166 valence electrons. The molecule has 1 N–H and O–H groups in total. The van der Waals surface area contributed by atoms with Crippen LogP contribution in [0, 0.1) is 6.92 Å². The number of aryl methyl sites for hydroxylation is 1. The number of imidazole rings is 2. The van der Waals surface area contributed by atoms with Crippen LogP contribution < -0.4 is 5.32 Å². The van der Waals surface area contributed by atoms with E-state index in [0.29, 0.717) is 6.42 Å². The number of fused-ring (bicyclic) bond motifs is 1. The summed E-state index contributed by atoms with van der Waals surface area (Å²) in [4.78, 5) is 25.6. The molecule has 0 bridgehead atoms. The standard InChI is InChI=1S/C24H28N6OS/c1-17(29-12-10-25-18(29)2)15-21(31)28-11-6-7-19(16-28)22-23-30(13-14-32-23)24(27-22)26-20-8-4-3-5-9-20/h3-5,8-10,12-14,17,19H,6-7,11,15-16H2,1-2H3,(H,26,27). The van der Waals surface area contributed by atoms with Crippen molar-refractivity contribution in [1.29, 1.82) is 0 Å². The van der Waals surface area contributed by atoms with Gasteiger partial charge in [-0.05, 0) is 38.8 Å². The number of nitrogens with one attached hydrogen (secondary N) is 1. The van der Waals surface area contributed by atoms with Gasteiger partial charge >= 0.3 is 0 Å². The van der Waals surface area contributed by atoms with E-state index in [1.807, 2.05) is 48.4 Å². The van der Waals surface area contributed by atoms with Gasteiger partial charge in [0.25, 0.3) is 0 Å². The Hall–Kier alpha value is -3.13. The lowest BCUT2D eigenvalue weighted by molar-refractivity contribution is -0.133. The van der Waals surface area contributed by atoms with Crippen LogP contribution in [0.15, 0.2) is 54.3 Å². The minimum absolute atomic E-state index is 0.101. The summed E-state index contributed by atoms with van der Waals surface area (Å²) in [5.74, 6) is 2.23. The highest BCUT2D eigenvalue weighted by Crippen LogP contribution is 2.34. The molecule has 2 atom stereocenters. The molecular weight excluding hydrogens is 420 g/mol. The molecule has 2 unspecified atom stereocenters. The molecule has 0 spiro atoms. The summed E-state index contributed by atoms with van der Waals surface area (Å²) in [5.41, 5.74) is 2.11. The van der Waals surface area contributed by atoms with Crippen LogP contribution in [0.4, 0.5) is 11.6 Å². The quantitative estimate of drug-likeness (QED) is 0.451. The number of nitrogens with zero attached hydrogens (tertiary/aromatic N) is 5. The lowest BCUT2D eigenvalue weighted by Gasteiger charge is -2.33. The summed E-state index contributed by atoms with van der Waals surface area (Å²) in [7, 11) is 0. The predicted molar refractivity (Wildman–Crippen MR) is 128 cm³/mol. The molecule has 4 aromatic rings. The molecule has 4 heterocycles. The smallest absolute Gasteiger partial charge is 0.224 e. The fraction of sp³-hybridized carbons (Fsp3) is 0.375. The first-order valence-electron chi connectivity index (χ1n) is 11.1. The maximum Gasteiger partial charge on any atom is 0.224 e. The molecule has 1 aromatic carbocycles. The zero-order valence-corrected chi connectivity index (χ0v) is 19.3. The second kappa shape index (κ2) is 8.78. The molecule has 1 saturated heterocycles. The zero-order chi connectivity index (χ0) is 22.1. The Morgan fingerprint density at radius 3 is 2.91 bits per heavy atom. The van der Waals surface area contributed by atoms with E-state index in [-0.39, 0.29) is 17.9 Å². The van der Waals surface area contributed by atoms with Crippen LogP contribution in [0.3, 0.4) is 0 Å². The molecule has 1 amide bonds. The van der Waals surface area contributed by atoms with Gasteiger partial charge in [0, 0.05) is 61.1 Å². The SMILES string of the molecule is Cc1nccn1C(C)CC(=O)N1CCCC(c2nc(Nc3ccccc3)n3ccsc23)C1. The molecule has 0 radical (unpaired) electrons. The number of aromatic nitrogens is 4. The number of thiazole rings is 1. The summed E-state index contributed by atoms with van der Waals surface area (Å²) < 4.78 is 4.20. The minimum Gasteiger partial charge on any atom is -0.342 e. The molecule has 1 aliphatic rings. The third kappa shape index (κ3) is 4.02. The van der Waals surface area contributed by atoms with Crippen molar-refractivity contribution in [2.24, 2.45) is 0 Å². The van der Waals surface area contributed by atoms with Crippen LogP contribution in [-0.2, 0) is 4.79 Å². The number of likely N-dealkylation sites (tertiary alicyclic amines) is 1. The predicted octanol–water partition coefficient (Wildman–Crippen LogP) is 5.00. The van der Waals surface area contributed by atoms with Gasteiger partial charge in [-0.2, -0.15) is 0 Å². The van der Waals surface area contributed by atoms with Gasteiger partial charge < -0.3 is 14.8 Å². The number of hydrogen-bond acceptors (Lipinski definition) is 5. The summed E-state index contributed by atoms with van der Waals surface area (Å²) in [6.07, 6.45) is 8.34. The van der Waals surface area contributed by atoms with Crippen molar-refractivity contribution < 1.29 is 4.79 Å². The van der Waals surface area contributed by atoms with Gasteiger partial charge in [0.2, 0.25) is 11.9 Å². The molecular formula is C24H28N6OS. The van der Waals surface area contributed by atoms with Crippen molar-refractivity contribution in [3.8, 4) is 0 Å². The Morgan fingerprint density at radius 2 is 2.12 bits per heavy atom. The van der Waals surface area contributed by atoms with Crippen molar-refractivity contribution in [2.45, 2.75) is 45.1 Å². The highest BCUT2D eigenvalue weighted by molar-refractivity contribution is 7.15. The third-order valence-electron chi connectivity index (χ3n) is 6.28. The number of carbonyl (C=O) groups excluding carboxylic acids is 1. The zero-order valence-electron chi connectivity index (χ0n) is 18.4. The summed E-state index contributed by atoms with van der Waals surface area (Å²) >= 11 is 1.71. The average Bonchev–Trinajstić information content (AvgIpc) is 3.52. The van der Waals surface area contributed by atoms with E-state index in [9.17, 15) is 4.79 Å². The lowest BCUT2D eigenvalue weighted by Crippen LogP contribution is -2.40. The molecule has 7 nitrogen and oxygen atoms in total. The van der Waals surface area contributed by atoms with Crippen molar-refractivity contribution >= 4 is 33.7 Å². The highest BCUT2D eigenvalue weighted by Gasteiger charge is 2.29. The maximum atomic E-state index is 13.1. The maximum absolute atomic E-state index is 13.1. The molecule has 0 aliphatic carbocycles. The van der Waals surface area contributed by atoms with Crippen LogP contribution in [0.25, 0.3) is 4.83 Å². The fourth-order valence-corrected chi connectivity index (χ4v) is 5.52. The monoisotopic (exact) mass is 448 g/mol. The first-order chi connectivity index (χ1) is 15.6. The Morgan fingerprint density at radius 1 is 1.28 bits per heavy atom. The topological polar surface area (TPSA) is 67.5 Å². The van der Waals surface area contributed by atoms with Gasteiger partial charge in [-0.25, -0.2) is 9.97 Å². The third-order valence-corrected chi connectivity index (χ3v) is 7.17. The van der Waals surface area contributed by atoms with Gasteiger partial charge in [-0.1, -0.05) is 18.2 Å². The summed E-state index contributed by atoms with van der Waals surface area (Å²) in [6.45, 7) is 5.61. The van der Waals surface area contributed by atoms with Gasteiger partial charge in [-0.3, -0.25) is 9.20 Å². The Bertz CT molecular complexity index is 1210. The van der Waals surface area contributed by atoms with Crippen LogP contribution in [-0.4, -0.2) is 42.8 Å². The summed E-state index contributed by atoms with van der Waals surface area (Å²) in [6, 6.07) is 10.2. The average molecular weight is 449 g/mol. The van der Waals surface area contributed by atoms with E-state index in [1.54, 1.807) is 17.5 Å². The van der Waals surface area contributed by atoms with Crippen molar-refractivity contribution in [1.82, 2.24) is 23.8 Å². The van der Waals surface area contributed by atoms with Gasteiger partial charge in [0.15, 0.2) is 0 Å².